The molecule has 2 N–H and O–H groups in total. The summed E-state index contributed by atoms with van der Waals surface area (Å²) >= 11 is 3.68. The minimum Gasteiger partial charge on any atom is -0.456 e. The second kappa shape index (κ2) is 17.9. The largest absolute Gasteiger partial charge is 0.492 e. The Hall–Kier alpha value is -9.30. The fourth-order valence-corrected chi connectivity index (χ4v) is 14.6. The van der Waals surface area contributed by atoms with E-state index in [0.29, 0.717) is 11.0 Å². The quantitative estimate of drug-likeness (QED) is 0.169. The zero-order valence-corrected chi connectivity index (χ0v) is 44.7. The third kappa shape index (κ3) is 6.47. The summed E-state index contributed by atoms with van der Waals surface area (Å²) in [4.78, 5) is 0. The monoisotopic (exact) mass is 1090 g/mol. The molecule has 0 atom stereocenters. The molecule has 0 saturated carbocycles. The van der Waals surface area contributed by atoms with E-state index in [0.717, 1.165) is 48.3 Å². The maximum atomic E-state index is 9.24. The number of fused-ring (bicyclic) bond motifs is 26. The topological polar surface area (TPSA) is 66.7 Å². The van der Waals surface area contributed by atoms with Gasteiger partial charge in [-0.1, -0.05) is 253 Å². The summed E-state index contributed by atoms with van der Waals surface area (Å²) in [7, 11) is -1.51. The molecule has 18 rings (SSSR count). The molecule has 0 amide bonds. The lowest BCUT2D eigenvalue weighted by Gasteiger charge is -2.30. The van der Waals surface area contributed by atoms with E-state index in [2.05, 4.69) is 234 Å². The second-order valence-electron chi connectivity index (χ2n) is 21.2. The number of para-hydroxylation sites is 4. The van der Waals surface area contributed by atoms with Crippen LogP contribution >= 0.6 is 15.9 Å². The van der Waals surface area contributed by atoms with Crippen LogP contribution in [-0.2, 0) is 10.8 Å². The van der Waals surface area contributed by atoms with Crippen molar-refractivity contribution in [2.24, 2.45) is 0 Å². The molecule has 2 spiro atoms. The molecule has 4 aliphatic carbocycles. The highest BCUT2D eigenvalue weighted by atomic mass is 79.9. The van der Waals surface area contributed by atoms with Gasteiger partial charge >= 0.3 is 7.12 Å². The Balaban J connectivity index is 0.000000109. The highest BCUT2D eigenvalue weighted by molar-refractivity contribution is 9.10. The Morgan fingerprint density at radius 1 is 0.287 bits per heavy atom. The van der Waals surface area contributed by atoms with Gasteiger partial charge in [0, 0.05) is 37.0 Å². The highest BCUT2D eigenvalue weighted by Crippen LogP contribution is 2.64. The van der Waals surface area contributed by atoms with E-state index in [1.165, 1.54) is 94.6 Å². The zero-order valence-electron chi connectivity index (χ0n) is 43.1. The molecule has 0 unspecified atom stereocenters. The van der Waals surface area contributed by atoms with Crippen LogP contribution in [0, 0.1) is 0 Å². The van der Waals surface area contributed by atoms with Gasteiger partial charge in [0.15, 0.2) is 0 Å². The Morgan fingerprint density at radius 2 is 0.625 bits per heavy atom. The van der Waals surface area contributed by atoms with E-state index in [9.17, 15) is 10.0 Å². The molecule has 14 aromatic rings. The lowest BCUT2D eigenvalue weighted by molar-refractivity contribution is 0.425. The summed E-state index contributed by atoms with van der Waals surface area (Å²) < 4.78 is 13.2. The molecule has 12 aromatic carbocycles. The van der Waals surface area contributed by atoms with Gasteiger partial charge in [0.1, 0.15) is 22.3 Å². The number of hydrogen-bond donors (Lipinski definition) is 2. The summed E-state index contributed by atoms with van der Waals surface area (Å²) in [6.45, 7) is 0. The summed E-state index contributed by atoms with van der Waals surface area (Å²) in [6.07, 6.45) is 0. The van der Waals surface area contributed by atoms with Crippen molar-refractivity contribution in [2.45, 2.75) is 10.8 Å². The van der Waals surface area contributed by atoms with Crippen LogP contribution in [0.1, 0.15) is 44.5 Å². The molecular weight excluding hydrogens is 1040 g/mol. The first kappa shape index (κ1) is 46.8. The van der Waals surface area contributed by atoms with Gasteiger partial charge in [0.25, 0.3) is 0 Å². The first-order valence-electron chi connectivity index (χ1n) is 27.1. The summed E-state index contributed by atoms with van der Waals surface area (Å²) in [5.41, 5.74) is 27.1. The van der Waals surface area contributed by atoms with Gasteiger partial charge < -0.3 is 18.9 Å². The lowest BCUT2D eigenvalue weighted by atomic mass is 9.70. The minimum atomic E-state index is -1.51. The fraction of sp³-hybridized carbons (Fsp3) is 0.0270. The maximum Gasteiger partial charge on any atom is 0.492 e. The fourth-order valence-electron chi connectivity index (χ4n) is 14.3. The summed E-state index contributed by atoms with van der Waals surface area (Å²) in [5, 5.41) is 22.7. The molecule has 4 aliphatic rings. The predicted octanol–water partition coefficient (Wildman–Crippen LogP) is 17.7. The van der Waals surface area contributed by atoms with Crippen molar-refractivity contribution in [3.05, 3.63) is 316 Å². The maximum absolute atomic E-state index is 9.24. The van der Waals surface area contributed by atoms with E-state index in [1.807, 2.05) is 36.4 Å². The molecule has 0 aliphatic heterocycles. The van der Waals surface area contributed by atoms with Gasteiger partial charge in [-0.15, -0.1) is 0 Å². The van der Waals surface area contributed by atoms with Crippen molar-refractivity contribution < 1.29 is 18.9 Å². The SMILES string of the molecule is Brc1ccc2c(c1)-c1ccccc1C21c2ccccc2-c2ccccc21.OB(O)c1cccc2c1oc1ccccc12.c1ccc2c(c1)-c1ccccc1C21c2ccccc2-c2cc(-c3cccc4c3oc3ccccc34)ccc21. The number of furan rings is 2. The summed E-state index contributed by atoms with van der Waals surface area (Å²) in [5.74, 6) is 0. The average molecular weight is 1090 g/mol. The Labute approximate surface area is 470 Å². The average Bonchev–Trinajstić information content (AvgIpc) is 3.68. The van der Waals surface area contributed by atoms with Crippen molar-refractivity contribution >= 4 is 72.4 Å². The molecule has 0 radical (unpaired) electrons. The van der Waals surface area contributed by atoms with Crippen LogP contribution < -0.4 is 5.46 Å². The van der Waals surface area contributed by atoms with Gasteiger partial charge in [-0.2, -0.15) is 0 Å². The zero-order chi connectivity index (χ0) is 53.3. The van der Waals surface area contributed by atoms with Crippen LogP contribution in [-0.4, -0.2) is 17.2 Å². The Bertz CT molecular complexity index is 4780. The van der Waals surface area contributed by atoms with Crippen molar-refractivity contribution in [1.82, 2.24) is 0 Å². The minimum absolute atomic E-state index is 0.209. The Kier molecular flexibility index (Phi) is 10.4. The van der Waals surface area contributed by atoms with Crippen LogP contribution in [0.4, 0.5) is 0 Å². The van der Waals surface area contributed by atoms with Crippen molar-refractivity contribution in [2.75, 3.05) is 0 Å². The smallest absolute Gasteiger partial charge is 0.456 e. The summed E-state index contributed by atoms with van der Waals surface area (Å²) in [6, 6.07) is 95.1. The standard InChI is InChI=1S/C37H22O.C25H15Br.C12H9BO3/c1-5-16-31-25(10-1)26-11-2-6-17-32(26)37(31)33-18-7-3-12-27(33)30-22-23(20-21-34(30)37)24-14-9-15-29-28-13-4-8-19-35(28)38-36(24)29;26-16-13-14-24-20(15-16)19-9-3-6-12-23(19)25(24)21-10-4-1-7-17(21)18-8-2-5-11-22(18)25;14-13(15)10-6-3-5-9-8-4-1-2-7-11(8)16-12(9)10/h1-22H;1-15H;1-7,14-15H. The molecule has 2 heterocycles. The Morgan fingerprint density at radius 3 is 1.10 bits per heavy atom. The molecule has 0 bridgehead atoms. The van der Waals surface area contributed by atoms with Crippen LogP contribution in [0.25, 0.3) is 99.5 Å². The van der Waals surface area contributed by atoms with Crippen molar-refractivity contribution in [3.63, 3.8) is 0 Å². The van der Waals surface area contributed by atoms with Gasteiger partial charge in [0.05, 0.1) is 10.8 Å². The molecule has 0 fully saturated rings. The predicted molar refractivity (Wildman–Crippen MR) is 329 cm³/mol. The first-order valence-corrected chi connectivity index (χ1v) is 27.9. The second-order valence-corrected chi connectivity index (χ2v) is 22.1. The molecule has 80 heavy (non-hydrogen) atoms. The number of benzene rings is 12. The normalized spacial score (nSPS) is 13.6. The molecule has 0 saturated heterocycles. The highest BCUT2D eigenvalue weighted by Gasteiger charge is 2.53. The van der Waals surface area contributed by atoms with E-state index in [4.69, 9.17) is 8.83 Å². The number of halogens is 1. The van der Waals surface area contributed by atoms with E-state index < -0.39 is 7.12 Å². The van der Waals surface area contributed by atoms with Gasteiger partial charge in [-0.3, -0.25) is 0 Å². The van der Waals surface area contributed by atoms with Crippen molar-refractivity contribution in [1.29, 1.82) is 0 Å². The molecule has 2 aromatic heterocycles. The first-order chi connectivity index (χ1) is 39.4. The van der Waals surface area contributed by atoms with E-state index in [1.54, 1.807) is 12.1 Å². The molecule has 376 valence electrons. The van der Waals surface area contributed by atoms with E-state index in [-0.39, 0.29) is 10.8 Å². The van der Waals surface area contributed by atoms with Gasteiger partial charge in [-0.05, 0) is 125 Å². The third-order valence-electron chi connectivity index (χ3n) is 17.4. The van der Waals surface area contributed by atoms with Crippen LogP contribution in [0.3, 0.4) is 0 Å². The van der Waals surface area contributed by atoms with E-state index >= 15 is 0 Å². The van der Waals surface area contributed by atoms with Crippen molar-refractivity contribution in [3.8, 4) is 55.6 Å². The lowest BCUT2D eigenvalue weighted by Crippen LogP contribution is -2.29. The molecule has 4 nitrogen and oxygen atoms in total. The number of rotatable bonds is 2. The molecular formula is C74H46BBrO4. The van der Waals surface area contributed by atoms with Crippen LogP contribution in [0.5, 0.6) is 0 Å². The molecule has 6 heteroatoms. The van der Waals surface area contributed by atoms with Crippen LogP contribution in [0.15, 0.2) is 280 Å². The third-order valence-corrected chi connectivity index (χ3v) is 17.9. The van der Waals surface area contributed by atoms with Gasteiger partial charge in [-0.25, -0.2) is 0 Å². The number of hydrogen-bond acceptors (Lipinski definition) is 4. The van der Waals surface area contributed by atoms with Gasteiger partial charge in [0.2, 0.25) is 0 Å². The van der Waals surface area contributed by atoms with Crippen LogP contribution in [0.2, 0.25) is 0 Å².